The fourth-order valence-electron chi connectivity index (χ4n) is 5.36. The fourth-order valence-corrected chi connectivity index (χ4v) is 5.36. The van der Waals surface area contributed by atoms with Crippen molar-refractivity contribution in [2.75, 3.05) is 0 Å². The van der Waals surface area contributed by atoms with E-state index in [2.05, 4.69) is 5.43 Å². The SMILES string of the molecule is Cc1oc(C2C3CC4CC(C3)CC2C4)cc1C(=O)NN. The lowest BCUT2D eigenvalue weighted by molar-refractivity contribution is -0.00982. The first-order valence-electron chi connectivity index (χ1n) is 7.77. The first-order valence-corrected chi connectivity index (χ1v) is 7.77. The minimum absolute atomic E-state index is 0.249. The Labute approximate surface area is 119 Å². The van der Waals surface area contributed by atoms with Crippen molar-refractivity contribution < 1.29 is 9.21 Å². The largest absolute Gasteiger partial charge is 0.465 e. The summed E-state index contributed by atoms with van der Waals surface area (Å²) in [5.74, 6) is 10.7. The molecule has 0 spiro atoms. The van der Waals surface area contributed by atoms with Crippen LogP contribution in [0.25, 0.3) is 0 Å². The summed E-state index contributed by atoms with van der Waals surface area (Å²) in [6, 6.07) is 1.93. The minimum atomic E-state index is -0.249. The summed E-state index contributed by atoms with van der Waals surface area (Å²) in [7, 11) is 0. The molecule has 0 radical (unpaired) electrons. The summed E-state index contributed by atoms with van der Waals surface area (Å²) in [6.45, 7) is 1.85. The van der Waals surface area contributed by atoms with Crippen LogP contribution in [-0.2, 0) is 0 Å². The average Bonchev–Trinajstić information content (AvgIpc) is 2.78. The molecule has 3 N–H and O–H groups in total. The minimum Gasteiger partial charge on any atom is -0.465 e. The standard InChI is InChI=1S/C16H22N2O2/c1-8-13(16(19)18-17)7-14(20-8)15-11-3-9-2-10(5-11)6-12(15)4-9/h7,9-12,15H,2-6,17H2,1H3,(H,18,19). The Balaban J connectivity index is 1.66. The molecule has 0 unspecified atom stereocenters. The molecule has 1 aromatic heterocycles. The number of carbonyl (C=O) groups excluding carboxylic acids is 1. The molecule has 4 fully saturated rings. The third-order valence-corrected chi connectivity index (χ3v) is 5.87. The van der Waals surface area contributed by atoms with Crippen molar-refractivity contribution in [3.63, 3.8) is 0 Å². The van der Waals surface area contributed by atoms with Crippen LogP contribution in [0, 0.1) is 30.6 Å². The van der Waals surface area contributed by atoms with Gasteiger partial charge in [-0.15, -0.1) is 0 Å². The number of amides is 1. The maximum atomic E-state index is 11.7. The Hall–Kier alpha value is -1.29. The first kappa shape index (κ1) is 12.5. The lowest BCUT2D eigenvalue weighted by atomic mass is 9.51. The van der Waals surface area contributed by atoms with Crippen molar-refractivity contribution in [3.05, 3.63) is 23.2 Å². The van der Waals surface area contributed by atoms with Gasteiger partial charge in [-0.2, -0.15) is 0 Å². The molecule has 4 aliphatic rings. The van der Waals surface area contributed by atoms with Gasteiger partial charge in [-0.1, -0.05) is 0 Å². The highest BCUT2D eigenvalue weighted by molar-refractivity contribution is 5.94. The lowest BCUT2D eigenvalue weighted by Crippen LogP contribution is -2.43. The van der Waals surface area contributed by atoms with E-state index in [-0.39, 0.29) is 5.91 Å². The lowest BCUT2D eigenvalue weighted by Gasteiger charge is -2.53. The molecule has 5 rings (SSSR count). The van der Waals surface area contributed by atoms with Gasteiger partial charge in [0, 0.05) is 5.92 Å². The maximum Gasteiger partial charge on any atom is 0.268 e. The van der Waals surface area contributed by atoms with Gasteiger partial charge in [0.15, 0.2) is 0 Å². The number of hydrogen-bond donors (Lipinski definition) is 2. The number of nitrogens with two attached hydrogens (primary N) is 1. The average molecular weight is 274 g/mol. The van der Waals surface area contributed by atoms with E-state index in [1.54, 1.807) is 0 Å². The molecular formula is C16H22N2O2. The molecule has 0 aromatic carbocycles. The van der Waals surface area contributed by atoms with Gasteiger partial charge in [-0.05, 0) is 68.8 Å². The van der Waals surface area contributed by atoms with E-state index in [0.29, 0.717) is 17.2 Å². The third-order valence-electron chi connectivity index (χ3n) is 5.87. The molecule has 0 aliphatic heterocycles. The number of carbonyl (C=O) groups is 1. The number of aryl methyl sites for hydroxylation is 1. The number of hydrogen-bond acceptors (Lipinski definition) is 3. The molecular weight excluding hydrogens is 252 g/mol. The van der Waals surface area contributed by atoms with E-state index < -0.39 is 0 Å². The number of rotatable bonds is 2. The second-order valence-corrected chi connectivity index (χ2v) is 7.05. The number of nitrogen functional groups attached to an aromatic ring is 1. The Morgan fingerprint density at radius 2 is 1.80 bits per heavy atom. The molecule has 1 amide bonds. The summed E-state index contributed by atoms with van der Waals surface area (Å²) in [4.78, 5) is 11.7. The molecule has 4 heteroatoms. The van der Waals surface area contributed by atoms with Gasteiger partial charge in [0.25, 0.3) is 5.91 Å². The van der Waals surface area contributed by atoms with E-state index in [0.717, 1.165) is 29.4 Å². The van der Waals surface area contributed by atoms with Crippen LogP contribution in [0.5, 0.6) is 0 Å². The Morgan fingerprint density at radius 3 is 2.35 bits per heavy atom. The molecule has 20 heavy (non-hydrogen) atoms. The highest BCUT2D eigenvalue weighted by Gasteiger charge is 2.49. The maximum absolute atomic E-state index is 11.7. The summed E-state index contributed by atoms with van der Waals surface area (Å²) in [5, 5.41) is 0. The zero-order chi connectivity index (χ0) is 13.9. The van der Waals surface area contributed by atoms with Crippen LogP contribution in [0.4, 0.5) is 0 Å². The summed E-state index contributed by atoms with van der Waals surface area (Å²) < 4.78 is 5.95. The second kappa shape index (κ2) is 4.35. The van der Waals surface area contributed by atoms with Gasteiger partial charge < -0.3 is 4.42 Å². The highest BCUT2D eigenvalue weighted by Crippen LogP contribution is 2.60. The Morgan fingerprint density at radius 1 is 1.20 bits per heavy atom. The van der Waals surface area contributed by atoms with Gasteiger partial charge in [0.2, 0.25) is 0 Å². The van der Waals surface area contributed by atoms with Crippen molar-refractivity contribution in [3.8, 4) is 0 Å². The zero-order valence-electron chi connectivity index (χ0n) is 11.9. The predicted octanol–water partition coefficient (Wildman–Crippen LogP) is 2.73. The Bertz CT molecular complexity index is 521. The van der Waals surface area contributed by atoms with Gasteiger partial charge in [-0.3, -0.25) is 10.2 Å². The van der Waals surface area contributed by atoms with Crippen LogP contribution in [0.3, 0.4) is 0 Å². The van der Waals surface area contributed by atoms with Gasteiger partial charge in [0.05, 0.1) is 5.56 Å². The van der Waals surface area contributed by atoms with Crippen LogP contribution < -0.4 is 11.3 Å². The molecule has 4 aliphatic carbocycles. The normalized spacial score (nSPS) is 38.2. The fraction of sp³-hybridized carbons (Fsp3) is 0.688. The van der Waals surface area contributed by atoms with Crippen LogP contribution in [0.2, 0.25) is 0 Å². The van der Waals surface area contributed by atoms with Crippen molar-refractivity contribution in [1.29, 1.82) is 0 Å². The van der Waals surface area contributed by atoms with Gasteiger partial charge >= 0.3 is 0 Å². The monoisotopic (exact) mass is 274 g/mol. The van der Waals surface area contributed by atoms with Crippen LogP contribution in [0.15, 0.2) is 10.5 Å². The van der Waals surface area contributed by atoms with E-state index in [1.807, 2.05) is 13.0 Å². The zero-order valence-corrected chi connectivity index (χ0v) is 11.9. The molecule has 1 heterocycles. The van der Waals surface area contributed by atoms with E-state index in [9.17, 15) is 4.79 Å². The first-order chi connectivity index (χ1) is 9.65. The molecule has 0 atom stereocenters. The van der Waals surface area contributed by atoms with Crippen molar-refractivity contribution in [1.82, 2.24) is 5.43 Å². The van der Waals surface area contributed by atoms with Crippen molar-refractivity contribution >= 4 is 5.91 Å². The third kappa shape index (κ3) is 1.74. The molecule has 4 nitrogen and oxygen atoms in total. The van der Waals surface area contributed by atoms with E-state index >= 15 is 0 Å². The molecule has 4 bridgehead atoms. The quantitative estimate of drug-likeness (QED) is 0.495. The summed E-state index contributed by atoms with van der Waals surface area (Å²) >= 11 is 0. The predicted molar refractivity (Wildman–Crippen MR) is 74.9 cm³/mol. The van der Waals surface area contributed by atoms with Crippen LogP contribution >= 0.6 is 0 Å². The summed E-state index contributed by atoms with van der Waals surface area (Å²) in [6.07, 6.45) is 6.88. The van der Waals surface area contributed by atoms with Gasteiger partial charge in [-0.25, -0.2) is 5.84 Å². The van der Waals surface area contributed by atoms with Gasteiger partial charge in [0.1, 0.15) is 11.5 Å². The smallest absolute Gasteiger partial charge is 0.268 e. The summed E-state index contributed by atoms with van der Waals surface area (Å²) in [5.41, 5.74) is 2.80. The number of hydrazine groups is 1. The Kier molecular flexibility index (Phi) is 2.71. The van der Waals surface area contributed by atoms with Crippen LogP contribution in [-0.4, -0.2) is 5.91 Å². The second-order valence-electron chi connectivity index (χ2n) is 7.05. The number of furan rings is 1. The van der Waals surface area contributed by atoms with Crippen LogP contribution in [0.1, 0.15) is 59.9 Å². The van der Waals surface area contributed by atoms with Crippen molar-refractivity contribution in [2.45, 2.75) is 44.9 Å². The topological polar surface area (TPSA) is 68.3 Å². The molecule has 1 aromatic rings. The van der Waals surface area contributed by atoms with E-state index in [4.69, 9.17) is 10.3 Å². The van der Waals surface area contributed by atoms with Crippen molar-refractivity contribution in [2.24, 2.45) is 29.5 Å². The van der Waals surface area contributed by atoms with E-state index in [1.165, 1.54) is 32.1 Å². The molecule has 4 saturated carbocycles. The molecule has 108 valence electrons. The molecule has 0 saturated heterocycles. The number of nitrogens with one attached hydrogen (secondary N) is 1. The highest BCUT2D eigenvalue weighted by atomic mass is 16.3.